The average molecular weight is 360 g/mol. The first-order valence-electron chi connectivity index (χ1n) is 6.60. The van der Waals surface area contributed by atoms with Gasteiger partial charge in [0.2, 0.25) is 0 Å². The van der Waals surface area contributed by atoms with Crippen LogP contribution < -0.4 is 0 Å². The molecular weight excluding hydrogens is 346 g/mol. The zero-order valence-electron chi connectivity index (χ0n) is 11.5. The number of rotatable bonds is 3. The first-order chi connectivity index (χ1) is 10.1. The Morgan fingerprint density at radius 2 is 1.90 bits per heavy atom. The Labute approximate surface area is 136 Å². The van der Waals surface area contributed by atoms with E-state index in [2.05, 4.69) is 46.3 Å². The van der Waals surface area contributed by atoms with Crippen LogP contribution in [0.3, 0.4) is 0 Å². The second kappa shape index (κ2) is 6.00. The molecule has 4 heteroatoms. The SMILES string of the molecule is CN(Cc1ccc2ccccc2c1)C(=O)c1csc(Br)c1. The summed E-state index contributed by atoms with van der Waals surface area (Å²) in [5.41, 5.74) is 1.87. The van der Waals surface area contributed by atoms with Crippen molar-refractivity contribution in [3.05, 3.63) is 68.8 Å². The summed E-state index contributed by atoms with van der Waals surface area (Å²) in [5.74, 6) is 0.0464. The summed E-state index contributed by atoms with van der Waals surface area (Å²) in [7, 11) is 1.84. The van der Waals surface area contributed by atoms with Gasteiger partial charge in [-0.15, -0.1) is 11.3 Å². The van der Waals surface area contributed by atoms with Crippen LogP contribution in [-0.4, -0.2) is 17.9 Å². The van der Waals surface area contributed by atoms with Crippen LogP contribution in [-0.2, 0) is 6.54 Å². The van der Waals surface area contributed by atoms with Gasteiger partial charge in [0, 0.05) is 19.0 Å². The van der Waals surface area contributed by atoms with Gasteiger partial charge in [0.1, 0.15) is 0 Å². The molecule has 0 spiro atoms. The van der Waals surface area contributed by atoms with Gasteiger partial charge in [0.25, 0.3) is 5.91 Å². The van der Waals surface area contributed by atoms with Gasteiger partial charge in [0.15, 0.2) is 0 Å². The number of benzene rings is 2. The number of hydrogen-bond donors (Lipinski definition) is 0. The normalized spacial score (nSPS) is 10.8. The number of hydrogen-bond acceptors (Lipinski definition) is 2. The number of nitrogens with zero attached hydrogens (tertiary/aromatic N) is 1. The van der Waals surface area contributed by atoms with Gasteiger partial charge < -0.3 is 4.90 Å². The Kier molecular flexibility index (Phi) is 4.08. The lowest BCUT2D eigenvalue weighted by atomic mass is 10.1. The van der Waals surface area contributed by atoms with E-state index in [-0.39, 0.29) is 5.91 Å². The molecule has 0 bridgehead atoms. The van der Waals surface area contributed by atoms with Crippen LogP contribution in [0.4, 0.5) is 0 Å². The van der Waals surface area contributed by atoms with E-state index in [1.54, 1.807) is 4.90 Å². The second-order valence-electron chi connectivity index (χ2n) is 4.98. The lowest BCUT2D eigenvalue weighted by Gasteiger charge is -2.17. The molecule has 0 aliphatic carbocycles. The van der Waals surface area contributed by atoms with E-state index in [1.807, 2.05) is 30.6 Å². The number of halogens is 1. The van der Waals surface area contributed by atoms with Gasteiger partial charge >= 0.3 is 0 Å². The van der Waals surface area contributed by atoms with Crippen LogP contribution in [0.2, 0.25) is 0 Å². The van der Waals surface area contributed by atoms with E-state index in [4.69, 9.17) is 0 Å². The van der Waals surface area contributed by atoms with E-state index in [9.17, 15) is 4.79 Å². The first kappa shape index (κ1) is 14.3. The van der Waals surface area contributed by atoms with Crippen LogP contribution in [0, 0.1) is 0 Å². The van der Waals surface area contributed by atoms with Crippen LogP contribution in [0.15, 0.2) is 57.7 Å². The average Bonchev–Trinajstić information content (AvgIpc) is 2.93. The van der Waals surface area contributed by atoms with Crippen molar-refractivity contribution in [2.24, 2.45) is 0 Å². The van der Waals surface area contributed by atoms with Crippen molar-refractivity contribution in [2.45, 2.75) is 6.54 Å². The second-order valence-corrected chi connectivity index (χ2v) is 7.27. The van der Waals surface area contributed by atoms with Crippen LogP contribution in [0.25, 0.3) is 10.8 Å². The van der Waals surface area contributed by atoms with E-state index < -0.39 is 0 Å². The summed E-state index contributed by atoms with van der Waals surface area (Å²) in [6.07, 6.45) is 0. The molecule has 0 saturated heterocycles. The molecule has 0 N–H and O–H groups in total. The molecule has 0 atom stereocenters. The van der Waals surface area contributed by atoms with Crippen molar-refractivity contribution >= 4 is 43.9 Å². The van der Waals surface area contributed by atoms with Crippen molar-refractivity contribution in [3.8, 4) is 0 Å². The first-order valence-corrected chi connectivity index (χ1v) is 8.28. The minimum absolute atomic E-state index is 0.0464. The molecule has 3 rings (SSSR count). The smallest absolute Gasteiger partial charge is 0.254 e. The third kappa shape index (κ3) is 3.17. The maximum absolute atomic E-state index is 12.3. The molecule has 0 radical (unpaired) electrons. The van der Waals surface area contributed by atoms with Gasteiger partial charge in [-0.3, -0.25) is 4.79 Å². The van der Waals surface area contributed by atoms with Gasteiger partial charge in [-0.1, -0.05) is 36.4 Å². The summed E-state index contributed by atoms with van der Waals surface area (Å²) >= 11 is 4.92. The molecule has 1 heterocycles. The Morgan fingerprint density at radius 3 is 2.62 bits per heavy atom. The highest BCUT2D eigenvalue weighted by Gasteiger charge is 2.13. The van der Waals surface area contributed by atoms with E-state index in [0.29, 0.717) is 6.54 Å². The van der Waals surface area contributed by atoms with Crippen molar-refractivity contribution in [3.63, 3.8) is 0 Å². The topological polar surface area (TPSA) is 20.3 Å². The summed E-state index contributed by atoms with van der Waals surface area (Å²) in [4.78, 5) is 14.1. The summed E-state index contributed by atoms with van der Waals surface area (Å²) in [6.45, 7) is 0.608. The molecule has 1 amide bonds. The highest BCUT2D eigenvalue weighted by molar-refractivity contribution is 9.11. The molecule has 0 saturated carbocycles. The monoisotopic (exact) mass is 359 g/mol. The number of thiophene rings is 1. The highest BCUT2D eigenvalue weighted by atomic mass is 79.9. The Bertz CT molecular complexity index is 796. The summed E-state index contributed by atoms with van der Waals surface area (Å²) < 4.78 is 0.977. The molecule has 3 aromatic rings. The van der Waals surface area contributed by atoms with E-state index >= 15 is 0 Å². The number of amides is 1. The molecule has 1 aromatic heterocycles. The molecule has 2 nitrogen and oxygen atoms in total. The molecule has 0 fully saturated rings. The van der Waals surface area contributed by atoms with E-state index in [0.717, 1.165) is 14.9 Å². The van der Waals surface area contributed by atoms with Crippen molar-refractivity contribution < 1.29 is 4.79 Å². The van der Waals surface area contributed by atoms with Crippen molar-refractivity contribution in [1.29, 1.82) is 0 Å². The fraction of sp³-hybridized carbons (Fsp3) is 0.118. The minimum Gasteiger partial charge on any atom is -0.337 e. The maximum Gasteiger partial charge on any atom is 0.254 e. The molecule has 0 aliphatic heterocycles. The van der Waals surface area contributed by atoms with Gasteiger partial charge in [-0.05, 0) is 44.4 Å². The molecule has 0 aliphatic rings. The molecule has 106 valence electrons. The third-order valence-electron chi connectivity index (χ3n) is 3.39. The molecular formula is C17H14BrNOS. The third-order valence-corrected chi connectivity index (χ3v) is 4.90. The summed E-state index contributed by atoms with van der Waals surface area (Å²) in [5, 5.41) is 4.30. The van der Waals surface area contributed by atoms with E-state index in [1.165, 1.54) is 22.1 Å². The van der Waals surface area contributed by atoms with Crippen LogP contribution in [0.5, 0.6) is 0 Å². The zero-order valence-corrected chi connectivity index (χ0v) is 13.9. The maximum atomic E-state index is 12.3. The lowest BCUT2D eigenvalue weighted by Crippen LogP contribution is -2.25. The summed E-state index contributed by atoms with van der Waals surface area (Å²) in [6, 6.07) is 16.4. The minimum atomic E-state index is 0.0464. The van der Waals surface area contributed by atoms with Crippen molar-refractivity contribution in [1.82, 2.24) is 4.90 Å². The fourth-order valence-corrected chi connectivity index (χ4v) is 3.46. The van der Waals surface area contributed by atoms with Crippen molar-refractivity contribution in [2.75, 3.05) is 7.05 Å². The van der Waals surface area contributed by atoms with Crippen LogP contribution >= 0.6 is 27.3 Å². The quantitative estimate of drug-likeness (QED) is 0.648. The largest absolute Gasteiger partial charge is 0.337 e. The predicted octanol–water partition coefficient (Wildman–Crippen LogP) is 4.94. The van der Waals surface area contributed by atoms with Crippen LogP contribution in [0.1, 0.15) is 15.9 Å². The Morgan fingerprint density at radius 1 is 1.14 bits per heavy atom. The Hall–Kier alpha value is -1.65. The molecule has 0 unspecified atom stereocenters. The highest BCUT2D eigenvalue weighted by Crippen LogP contribution is 2.22. The molecule has 2 aromatic carbocycles. The van der Waals surface area contributed by atoms with Gasteiger partial charge in [-0.25, -0.2) is 0 Å². The fourth-order valence-electron chi connectivity index (χ4n) is 2.33. The Balaban J connectivity index is 1.79. The molecule has 21 heavy (non-hydrogen) atoms. The number of fused-ring (bicyclic) bond motifs is 1. The lowest BCUT2D eigenvalue weighted by molar-refractivity contribution is 0.0785. The zero-order chi connectivity index (χ0) is 14.8. The number of carbonyl (C=O) groups excluding carboxylic acids is 1. The number of carbonyl (C=O) groups is 1. The van der Waals surface area contributed by atoms with Gasteiger partial charge in [0.05, 0.1) is 9.35 Å². The standard InChI is InChI=1S/C17H14BrNOS/c1-19(17(20)15-9-16(18)21-11-15)10-12-6-7-13-4-2-3-5-14(13)8-12/h2-9,11H,10H2,1H3. The predicted molar refractivity (Wildman–Crippen MR) is 91.8 cm³/mol. The van der Waals surface area contributed by atoms with Gasteiger partial charge in [-0.2, -0.15) is 0 Å².